The van der Waals surface area contributed by atoms with Crippen LogP contribution in [0.1, 0.15) is 24.3 Å². The molecule has 17 heavy (non-hydrogen) atoms. The van der Waals surface area contributed by atoms with Crippen molar-refractivity contribution in [2.45, 2.75) is 13.0 Å². The van der Waals surface area contributed by atoms with Crippen LogP contribution in [0, 0.1) is 0 Å². The van der Waals surface area contributed by atoms with Crippen molar-refractivity contribution in [1.29, 1.82) is 0 Å². The molecule has 0 saturated carbocycles. The van der Waals surface area contributed by atoms with Crippen LogP contribution in [0.2, 0.25) is 0 Å². The Morgan fingerprint density at radius 1 is 1.41 bits per heavy atom. The summed E-state index contributed by atoms with van der Waals surface area (Å²) in [5, 5.41) is 10.3. The SMILES string of the molecule is CCOc1ccccc1C(O)c1cn(C)cn1. The summed E-state index contributed by atoms with van der Waals surface area (Å²) in [6.07, 6.45) is 2.72. The summed E-state index contributed by atoms with van der Waals surface area (Å²) in [6.45, 7) is 2.50. The van der Waals surface area contributed by atoms with Gasteiger partial charge < -0.3 is 14.4 Å². The molecule has 0 amide bonds. The summed E-state index contributed by atoms with van der Waals surface area (Å²) in [7, 11) is 1.87. The highest BCUT2D eigenvalue weighted by Gasteiger charge is 2.17. The van der Waals surface area contributed by atoms with E-state index >= 15 is 0 Å². The van der Waals surface area contributed by atoms with Crippen LogP contribution < -0.4 is 4.74 Å². The average Bonchev–Trinajstić information content (AvgIpc) is 2.76. The molecule has 0 aliphatic rings. The largest absolute Gasteiger partial charge is 0.493 e. The first-order chi connectivity index (χ1) is 8.22. The third-order valence-electron chi connectivity index (χ3n) is 2.52. The van der Waals surface area contributed by atoms with Crippen LogP contribution in [0.25, 0.3) is 0 Å². The highest BCUT2D eigenvalue weighted by molar-refractivity contribution is 5.38. The van der Waals surface area contributed by atoms with Gasteiger partial charge in [0.05, 0.1) is 18.6 Å². The van der Waals surface area contributed by atoms with E-state index in [-0.39, 0.29) is 0 Å². The minimum absolute atomic E-state index is 0.575. The number of benzene rings is 1. The van der Waals surface area contributed by atoms with Crippen molar-refractivity contribution in [2.75, 3.05) is 6.61 Å². The zero-order valence-electron chi connectivity index (χ0n) is 10.00. The maximum Gasteiger partial charge on any atom is 0.126 e. The Hall–Kier alpha value is -1.81. The summed E-state index contributed by atoms with van der Waals surface area (Å²) in [4.78, 5) is 4.15. The maximum absolute atomic E-state index is 10.3. The van der Waals surface area contributed by atoms with E-state index in [2.05, 4.69) is 4.98 Å². The van der Waals surface area contributed by atoms with E-state index in [1.165, 1.54) is 0 Å². The predicted molar refractivity (Wildman–Crippen MR) is 64.9 cm³/mol. The van der Waals surface area contributed by atoms with Gasteiger partial charge in [0, 0.05) is 18.8 Å². The van der Waals surface area contributed by atoms with E-state index in [1.807, 2.05) is 42.8 Å². The van der Waals surface area contributed by atoms with Crippen molar-refractivity contribution in [2.24, 2.45) is 7.05 Å². The van der Waals surface area contributed by atoms with Gasteiger partial charge in [-0.2, -0.15) is 0 Å². The third kappa shape index (κ3) is 2.47. The van der Waals surface area contributed by atoms with Gasteiger partial charge in [0.1, 0.15) is 11.9 Å². The number of hydrogen-bond donors (Lipinski definition) is 1. The molecule has 2 rings (SSSR count). The highest BCUT2D eigenvalue weighted by Crippen LogP contribution is 2.28. The maximum atomic E-state index is 10.3. The number of para-hydroxylation sites is 1. The van der Waals surface area contributed by atoms with E-state index in [0.717, 1.165) is 5.56 Å². The predicted octanol–water partition coefficient (Wildman–Crippen LogP) is 1.90. The van der Waals surface area contributed by atoms with Crippen LogP contribution in [0.3, 0.4) is 0 Å². The number of ether oxygens (including phenoxy) is 1. The van der Waals surface area contributed by atoms with Crippen LogP contribution in [0.15, 0.2) is 36.8 Å². The number of aryl methyl sites for hydroxylation is 1. The fourth-order valence-electron chi connectivity index (χ4n) is 1.73. The van der Waals surface area contributed by atoms with Gasteiger partial charge in [0.15, 0.2) is 0 Å². The molecule has 0 fully saturated rings. The summed E-state index contributed by atoms with van der Waals surface area (Å²) < 4.78 is 7.30. The van der Waals surface area contributed by atoms with Gasteiger partial charge in [-0.3, -0.25) is 0 Å². The van der Waals surface area contributed by atoms with Gasteiger partial charge in [-0.1, -0.05) is 18.2 Å². The third-order valence-corrected chi connectivity index (χ3v) is 2.52. The lowest BCUT2D eigenvalue weighted by molar-refractivity contribution is 0.207. The Morgan fingerprint density at radius 2 is 2.18 bits per heavy atom. The summed E-state index contributed by atoms with van der Waals surface area (Å²) in [5.74, 6) is 0.702. The molecule has 0 aliphatic heterocycles. The van der Waals surface area contributed by atoms with Gasteiger partial charge in [0.25, 0.3) is 0 Å². The lowest BCUT2D eigenvalue weighted by Gasteiger charge is -2.13. The average molecular weight is 232 g/mol. The second-order valence-corrected chi connectivity index (χ2v) is 3.84. The molecule has 0 aliphatic carbocycles. The van der Waals surface area contributed by atoms with Crippen LogP contribution in [0.5, 0.6) is 5.75 Å². The minimum atomic E-state index is -0.751. The van der Waals surface area contributed by atoms with Crippen LogP contribution in [0.4, 0.5) is 0 Å². The molecule has 4 nitrogen and oxygen atoms in total. The van der Waals surface area contributed by atoms with Crippen molar-refractivity contribution < 1.29 is 9.84 Å². The Balaban J connectivity index is 2.33. The van der Waals surface area contributed by atoms with E-state index in [0.29, 0.717) is 18.1 Å². The van der Waals surface area contributed by atoms with Crippen LogP contribution in [-0.2, 0) is 7.05 Å². The smallest absolute Gasteiger partial charge is 0.126 e. The molecule has 1 aromatic carbocycles. The number of rotatable bonds is 4. The van der Waals surface area contributed by atoms with Crippen molar-refractivity contribution in [1.82, 2.24) is 9.55 Å². The fraction of sp³-hybridized carbons (Fsp3) is 0.308. The van der Waals surface area contributed by atoms with Crippen molar-refractivity contribution in [3.8, 4) is 5.75 Å². The number of aliphatic hydroxyl groups excluding tert-OH is 1. The molecule has 0 spiro atoms. The normalized spacial score (nSPS) is 12.4. The number of imidazole rings is 1. The van der Waals surface area contributed by atoms with Gasteiger partial charge in [-0.25, -0.2) is 4.98 Å². The molecular formula is C13H16N2O2. The summed E-state index contributed by atoms with van der Waals surface area (Å²) in [6, 6.07) is 7.47. The van der Waals surface area contributed by atoms with Crippen molar-refractivity contribution in [3.05, 3.63) is 48.0 Å². The standard InChI is InChI=1S/C13H16N2O2/c1-3-17-12-7-5-4-6-10(12)13(16)11-8-15(2)9-14-11/h4-9,13,16H,3H2,1-2H3. The molecule has 1 N–H and O–H groups in total. The fourth-order valence-corrected chi connectivity index (χ4v) is 1.73. The van der Waals surface area contributed by atoms with E-state index in [1.54, 1.807) is 12.5 Å². The van der Waals surface area contributed by atoms with Crippen LogP contribution in [-0.4, -0.2) is 21.3 Å². The first-order valence-electron chi connectivity index (χ1n) is 5.60. The van der Waals surface area contributed by atoms with E-state index < -0.39 is 6.10 Å². The quantitative estimate of drug-likeness (QED) is 0.875. The molecule has 0 bridgehead atoms. The highest BCUT2D eigenvalue weighted by atomic mass is 16.5. The molecule has 1 heterocycles. The lowest BCUT2D eigenvalue weighted by Crippen LogP contribution is -2.04. The lowest BCUT2D eigenvalue weighted by atomic mass is 10.1. The van der Waals surface area contributed by atoms with Crippen molar-refractivity contribution in [3.63, 3.8) is 0 Å². The van der Waals surface area contributed by atoms with Gasteiger partial charge in [-0.05, 0) is 13.0 Å². The van der Waals surface area contributed by atoms with Crippen molar-refractivity contribution >= 4 is 0 Å². The molecule has 1 unspecified atom stereocenters. The second kappa shape index (κ2) is 5.01. The Kier molecular flexibility index (Phi) is 3.44. The molecule has 4 heteroatoms. The molecule has 0 radical (unpaired) electrons. The Morgan fingerprint density at radius 3 is 2.82 bits per heavy atom. The molecule has 2 aromatic rings. The first-order valence-corrected chi connectivity index (χ1v) is 5.60. The topological polar surface area (TPSA) is 47.3 Å². The molecule has 1 aromatic heterocycles. The van der Waals surface area contributed by atoms with Gasteiger partial charge in [0.2, 0.25) is 0 Å². The van der Waals surface area contributed by atoms with E-state index in [4.69, 9.17) is 4.74 Å². The molecule has 1 atom stereocenters. The Labute approximate surface area is 100 Å². The minimum Gasteiger partial charge on any atom is -0.493 e. The van der Waals surface area contributed by atoms with Crippen LogP contribution >= 0.6 is 0 Å². The number of hydrogen-bond acceptors (Lipinski definition) is 3. The second-order valence-electron chi connectivity index (χ2n) is 3.84. The van der Waals surface area contributed by atoms with E-state index in [9.17, 15) is 5.11 Å². The van der Waals surface area contributed by atoms with Gasteiger partial charge in [-0.15, -0.1) is 0 Å². The monoisotopic (exact) mass is 232 g/mol. The molecule has 0 saturated heterocycles. The zero-order valence-corrected chi connectivity index (χ0v) is 10.00. The summed E-state index contributed by atoms with van der Waals surface area (Å²) >= 11 is 0. The number of nitrogens with zero attached hydrogens (tertiary/aromatic N) is 2. The Bertz CT molecular complexity index is 494. The molecule has 90 valence electrons. The number of aromatic nitrogens is 2. The summed E-state index contributed by atoms with van der Waals surface area (Å²) in [5.41, 5.74) is 1.37. The molecular weight excluding hydrogens is 216 g/mol. The number of aliphatic hydroxyl groups is 1. The first kappa shape index (κ1) is 11.7. The van der Waals surface area contributed by atoms with Gasteiger partial charge >= 0.3 is 0 Å². The zero-order chi connectivity index (χ0) is 12.3.